The molecule has 0 aliphatic carbocycles. The van der Waals surface area contributed by atoms with Crippen molar-refractivity contribution in [1.29, 1.82) is 0 Å². The Kier molecular flexibility index (Phi) is 10.1. The second kappa shape index (κ2) is 14.8. The summed E-state index contributed by atoms with van der Waals surface area (Å²) in [7, 11) is 0. The molecule has 0 amide bonds. The first-order chi connectivity index (χ1) is 24.3. The van der Waals surface area contributed by atoms with Gasteiger partial charge in [-0.3, -0.25) is 15.1 Å². The van der Waals surface area contributed by atoms with Crippen molar-refractivity contribution in [2.24, 2.45) is 16.6 Å². The number of hydrogen-bond donors (Lipinski definition) is 5. The van der Waals surface area contributed by atoms with Crippen LogP contribution in [-0.2, 0) is 24.1 Å². The Bertz CT molecular complexity index is 1880. The average Bonchev–Trinajstić information content (AvgIpc) is 3.69. The van der Waals surface area contributed by atoms with E-state index in [1.807, 2.05) is 43.6 Å². The zero-order chi connectivity index (χ0) is 34.8. The number of carbonyl (C=O) groups excluding carboxylic acids is 1. The summed E-state index contributed by atoms with van der Waals surface area (Å²) in [6, 6.07) is 9.51. The lowest BCUT2D eigenvalue weighted by Crippen LogP contribution is -2.41. The molecule has 6 unspecified atom stereocenters. The van der Waals surface area contributed by atoms with E-state index in [1.54, 1.807) is 6.07 Å². The van der Waals surface area contributed by atoms with Gasteiger partial charge in [0.15, 0.2) is 17.7 Å². The van der Waals surface area contributed by atoms with Crippen molar-refractivity contribution in [2.45, 2.75) is 95.4 Å². The largest absolute Gasteiger partial charge is 0.465 e. The lowest BCUT2D eigenvalue weighted by atomic mass is 9.84. The number of ether oxygens (including phenoxy) is 2. The van der Waals surface area contributed by atoms with Crippen LogP contribution in [0.2, 0.25) is 0 Å². The Labute approximate surface area is 293 Å². The number of nitrogens with two attached hydrogens (primary N) is 1. The first kappa shape index (κ1) is 34.0. The third-order valence-electron chi connectivity index (χ3n) is 10.1. The molecule has 5 heterocycles. The molecule has 0 saturated carbocycles. The molecular weight excluding hydrogens is 632 g/mol. The van der Waals surface area contributed by atoms with Crippen LogP contribution in [0.1, 0.15) is 85.5 Å². The molecule has 0 radical (unpaired) electrons. The summed E-state index contributed by atoms with van der Waals surface area (Å²) >= 11 is 0. The van der Waals surface area contributed by atoms with Crippen LogP contribution < -0.4 is 20.5 Å². The Balaban J connectivity index is 1.17. The number of hydrogen-bond acceptors (Lipinski definition) is 10. The Morgan fingerprint density at radius 1 is 1.14 bits per heavy atom. The highest BCUT2D eigenvalue weighted by Gasteiger charge is 2.36. The van der Waals surface area contributed by atoms with Crippen LogP contribution in [0.4, 0.5) is 0 Å². The minimum absolute atomic E-state index is 0.0107. The second-order valence-electron chi connectivity index (χ2n) is 13.8. The zero-order valence-corrected chi connectivity index (χ0v) is 28.3. The molecule has 0 saturated heterocycles. The smallest absolute Gasteiger partial charge is 0.187 e. The summed E-state index contributed by atoms with van der Waals surface area (Å²) in [5, 5.41) is 35.2. The van der Waals surface area contributed by atoms with E-state index in [9.17, 15) is 20.1 Å². The lowest BCUT2D eigenvalue weighted by molar-refractivity contribution is -0.121. The van der Waals surface area contributed by atoms with Crippen LogP contribution >= 0.6 is 0 Å². The first-order valence-corrected chi connectivity index (χ1v) is 17.7. The van der Waals surface area contributed by atoms with E-state index in [0.29, 0.717) is 43.7 Å². The van der Waals surface area contributed by atoms with Gasteiger partial charge in [-0.1, -0.05) is 49.3 Å². The molecule has 6 atom stereocenters. The van der Waals surface area contributed by atoms with E-state index in [-0.39, 0.29) is 31.2 Å². The molecule has 50 heavy (non-hydrogen) atoms. The molecule has 5 aliphatic rings. The number of Topliss-reactive ketones (excluding diaryl/α,β-unsaturated/α-hetero) is 1. The fraction of sp³-hybridized carbons (Fsp3) is 0.450. The maximum absolute atomic E-state index is 12.7. The van der Waals surface area contributed by atoms with Crippen molar-refractivity contribution in [3.8, 4) is 35.4 Å². The summed E-state index contributed by atoms with van der Waals surface area (Å²) in [5.41, 5.74) is 14.5. The molecule has 5 aliphatic heterocycles. The van der Waals surface area contributed by atoms with E-state index in [0.717, 1.165) is 58.5 Å². The van der Waals surface area contributed by atoms with Crippen molar-refractivity contribution in [3.05, 3.63) is 81.2 Å². The van der Waals surface area contributed by atoms with Gasteiger partial charge < -0.3 is 35.4 Å². The molecule has 7 rings (SSSR count). The number of nitrogens with one attached hydrogen (secondary N) is 1. The van der Waals surface area contributed by atoms with Crippen LogP contribution in [0.25, 0.3) is 0 Å². The molecule has 2 aromatic rings. The lowest BCUT2D eigenvalue weighted by Gasteiger charge is -2.32. The van der Waals surface area contributed by atoms with Crippen LogP contribution in [-0.4, -0.2) is 63.7 Å². The van der Waals surface area contributed by atoms with Crippen molar-refractivity contribution in [1.82, 2.24) is 10.2 Å². The topological polar surface area (TPSA) is 150 Å². The third kappa shape index (κ3) is 7.22. The quantitative estimate of drug-likeness (QED) is 0.252. The van der Waals surface area contributed by atoms with Gasteiger partial charge in [-0.05, 0) is 71.2 Å². The van der Waals surface area contributed by atoms with Gasteiger partial charge in [0.25, 0.3) is 0 Å². The Morgan fingerprint density at radius 2 is 2.00 bits per heavy atom. The Hall–Kier alpha value is -4.42. The summed E-state index contributed by atoms with van der Waals surface area (Å²) in [5.74, 6) is 10.1. The van der Waals surface area contributed by atoms with Crippen LogP contribution in [0.15, 0.2) is 58.4 Å². The predicted molar refractivity (Wildman–Crippen MR) is 189 cm³/mol. The number of aryl methyl sites for hydroxylation is 1. The molecule has 0 fully saturated rings. The summed E-state index contributed by atoms with van der Waals surface area (Å²) in [4.78, 5) is 19.6. The number of allylic oxidation sites excluding steroid dienone is 1. The fourth-order valence-electron chi connectivity index (χ4n) is 7.52. The van der Waals surface area contributed by atoms with Gasteiger partial charge in [0.1, 0.15) is 18.0 Å². The minimum atomic E-state index is -1.02. The van der Waals surface area contributed by atoms with Crippen LogP contribution in [0.5, 0.6) is 11.5 Å². The standard InChI is InChI=1S/C40H44N4O6/c1-2-4-27(45)19-29(47)20-28(46)9-6-24-7-13-37-38(17-24)50-40-25(5-3-16-49-37)8-12-36(48)31-10-11-32-30(14-15-42-39(32)41)33(31)18-26-21-43-35-23-44(40)22-34(26)35/h7,10-11,13,17,21,23,25,27,29,36,39-40,42,45,47-48H,2,4-6,9,14-15,18-20,22,41H2,1H3. The zero-order valence-electron chi connectivity index (χ0n) is 28.3. The van der Waals surface area contributed by atoms with E-state index >= 15 is 0 Å². The molecule has 0 aromatic heterocycles. The van der Waals surface area contributed by atoms with Crippen molar-refractivity contribution >= 4 is 12.0 Å². The average molecular weight is 677 g/mol. The molecule has 10 heteroatoms. The molecule has 2 bridgehead atoms. The Morgan fingerprint density at radius 3 is 2.86 bits per heavy atom. The van der Waals surface area contributed by atoms with Gasteiger partial charge in [-0.15, -0.1) is 0 Å². The van der Waals surface area contributed by atoms with Gasteiger partial charge in [-0.2, -0.15) is 0 Å². The molecule has 2 aromatic carbocycles. The molecular formula is C40H44N4O6. The van der Waals surface area contributed by atoms with Crippen molar-refractivity contribution in [2.75, 3.05) is 13.1 Å². The van der Waals surface area contributed by atoms with E-state index in [1.165, 1.54) is 5.56 Å². The number of aliphatic hydroxyl groups is 3. The first-order valence-electron chi connectivity index (χ1n) is 17.7. The normalized spacial score (nSPS) is 24.3. The van der Waals surface area contributed by atoms with Crippen LogP contribution in [0, 0.1) is 29.8 Å². The maximum atomic E-state index is 12.7. The number of aliphatic imine (C=N–C) groups is 1. The number of ketones is 1. The highest BCUT2D eigenvalue weighted by Crippen LogP contribution is 2.39. The molecule has 6 N–H and O–H groups in total. The van der Waals surface area contributed by atoms with Gasteiger partial charge in [0.2, 0.25) is 0 Å². The number of fused-ring (bicyclic) bond motifs is 7. The van der Waals surface area contributed by atoms with Crippen LogP contribution in [0.3, 0.4) is 0 Å². The van der Waals surface area contributed by atoms with Gasteiger partial charge in [0.05, 0.1) is 30.0 Å². The summed E-state index contributed by atoms with van der Waals surface area (Å²) < 4.78 is 12.6. The highest BCUT2D eigenvalue weighted by molar-refractivity contribution is 5.88. The minimum Gasteiger partial charge on any atom is -0.465 e. The maximum Gasteiger partial charge on any atom is 0.187 e. The number of carbonyl (C=O) groups is 1. The van der Waals surface area contributed by atoms with Gasteiger partial charge >= 0.3 is 0 Å². The molecule has 0 spiro atoms. The highest BCUT2D eigenvalue weighted by atomic mass is 16.5. The van der Waals surface area contributed by atoms with E-state index < -0.39 is 30.5 Å². The van der Waals surface area contributed by atoms with Gasteiger partial charge in [-0.25, -0.2) is 0 Å². The van der Waals surface area contributed by atoms with E-state index in [4.69, 9.17) is 20.2 Å². The summed E-state index contributed by atoms with van der Waals surface area (Å²) in [6.07, 6.45) is 7.55. The molecule has 10 nitrogen and oxygen atoms in total. The van der Waals surface area contributed by atoms with Crippen molar-refractivity contribution < 1.29 is 29.6 Å². The fourth-order valence-corrected chi connectivity index (χ4v) is 7.52. The monoisotopic (exact) mass is 676 g/mol. The molecule has 260 valence electrons. The van der Waals surface area contributed by atoms with Crippen molar-refractivity contribution in [3.63, 3.8) is 0 Å². The van der Waals surface area contributed by atoms with E-state index in [2.05, 4.69) is 34.1 Å². The number of rotatable bonds is 9. The SMILES string of the molecule is CCCC(O)CC(O)CC(=O)CCc1ccc2c(c1)OC1C(C#CC(O)c3ccc4c(c3CC3=C5CN1C=C5N=C3)CCNC4N)CC#CO2. The van der Waals surface area contributed by atoms with Gasteiger partial charge in [0, 0.05) is 56.8 Å². The number of aliphatic hydroxyl groups excluding tert-OH is 3. The number of nitrogens with zero attached hydrogens (tertiary/aromatic N) is 2. The predicted octanol–water partition coefficient (Wildman–Crippen LogP) is 3.49. The summed E-state index contributed by atoms with van der Waals surface area (Å²) in [6.45, 7) is 3.32. The number of benzene rings is 2. The third-order valence-corrected chi connectivity index (χ3v) is 10.1. The second-order valence-corrected chi connectivity index (χ2v) is 13.8.